The Balaban J connectivity index is 1.22. The lowest BCUT2D eigenvalue weighted by molar-refractivity contribution is 0.239. The zero-order chi connectivity index (χ0) is 20.3. The smallest absolute Gasteiger partial charge is 0.225 e. The van der Waals surface area contributed by atoms with Crippen LogP contribution in [0.1, 0.15) is 16.8 Å². The highest BCUT2D eigenvalue weighted by Gasteiger charge is 2.24. The Kier molecular flexibility index (Phi) is 5.23. The highest BCUT2D eigenvalue weighted by atomic mass is 19.1. The third kappa shape index (κ3) is 3.95. The van der Waals surface area contributed by atoms with Crippen molar-refractivity contribution >= 4 is 11.9 Å². The normalized spacial score (nSPS) is 17.1. The van der Waals surface area contributed by atoms with Gasteiger partial charge in [-0.3, -0.25) is 4.90 Å². The first kappa shape index (κ1) is 18.9. The van der Waals surface area contributed by atoms with E-state index in [1.54, 1.807) is 18.5 Å². The van der Waals surface area contributed by atoms with E-state index in [1.165, 1.54) is 6.07 Å². The molecular formula is C22H24FN7. The van der Waals surface area contributed by atoms with Gasteiger partial charge in [0.25, 0.3) is 0 Å². The van der Waals surface area contributed by atoms with Gasteiger partial charge in [-0.2, -0.15) is 0 Å². The molecule has 2 aromatic heterocycles. The summed E-state index contributed by atoms with van der Waals surface area (Å²) in [4.78, 5) is 24.8. The van der Waals surface area contributed by atoms with E-state index in [0.29, 0.717) is 6.54 Å². The maximum Gasteiger partial charge on any atom is 0.225 e. The highest BCUT2D eigenvalue weighted by molar-refractivity contribution is 5.39. The number of fused-ring (bicyclic) bond motifs is 1. The predicted octanol–water partition coefficient (Wildman–Crippen LogP) is 2.29. The second kappa shape index (κ2) is 8.31. The second-order valence-electron chi connectivity index (χ2n) is 7.72. The molecule has 0 spiro atoms. The molecule has 154 valence electrons. The molecule has 8 heteroatoms. The van der Waals surface area contributed by atoms with Crippen LogP contribution < -0.4 is 9.80 Å². The fraction of sp³-hybridized carbons (Fsp3) is 0.364. The molecule has 0 atom stereocenters. The quantitative estimate of drug-likeness (QED) is 0.660. The molecule has 1 aromatic carbocycles. The number of anilines is 2. The van der Waals surface area contributed by atoms with E-state index in [-0.39, 0.29) is 5.82 Å². The number of hydrogen-bond acceptors (Lipinski definition) is 7. The Bertz CT molecular complexity index is 1010. The highest BCUT2D eigenvalue weighted by Crippen LogP contribution is 2.22. The number of hydrogen-bond donors (Lipinski definition) is 0. The lowest BCUT2D eigenvalue weighted by Crippen LogP contribution is -2.47. The van der Waals surface area contributed by atoms with Crippen molar-refractivity contribution in [3.8, 4) is 0 Å². The van der Waals surface area contributed by atoms with Crippen molar-refractivity contribution in [2.24, 2.45) is 0 Å². The molecule has 1 saturated heterocycles. The first-order chi connectivity index (χ1) is 14.8. The van der Waals surface area contributed by atoms with Crippen LogP contribution in [-0.2, 0) is 19.5 Å². The molecule has 0 unspecified atom stereocenters. The summed E-state index contributed by atoms with van der Waals surface area (Å²) in [6.45, 7) is 5.62. The van der Waals surface area contributed by atoms with E-state index in [4.69, 9.17) is 4.98 Å². The zero-order valence-electron chi connectivity index (χ0n) is 16.8. The van der Waals surface area contributed by atoms with E-state index in [0.717, 1.165) is 74.4 Å². The van der Waals surface area contributed by atoms with Gasteiger partial charge in [0.1, 0.15) is 5.82 Å². The standard InChI is InChI=1S/C22H24FN7/c23-19-5-2-1-4-17(19)15-28-9-6-20-18(16-28)14-26-22(27-20)30-12-10-29(11-13-30)21-24-7-3-8-25-21/h1-5,7-8,14H,6,9-13,15-16H2. The molecule has 30 heavy (non-hydrogen) atoms. The maximum atomic E-state index is 14.0. The molecule has 0 N–H and O–H groups in total. The molecule has 0 amide bonds. The first-order valence-corrected chi connectivity index (χ1v) is 10.3. The second-order valence-corrected chi connectivity index (χ2v) is 7.72. The van der Waals surface area contributed by atoms with Crippen molar-refractivity contribution in [1.82, 2.24) is 24.8 Å². The number of nitrogens with zero attached hydrogens (tertiary/aromatic N) is 7. The Morgan fingerprint density at radius 3 is 2.33 bits per heavy atom. The van der Waals surface area contributed by atoms with Crippen LogP contribution in [0.5, 0.6) is 0 Å². The third-order valence-corrected chi connectivity index (χ3v) is 5.75. The zero-order valence-corrected chi connectivity index (χ0v) is 16.8. The number of halogens is 1. The molecule has 2 aliphatic heterocycles. The summed E-state index contributed by atoms with van der Waals surface area (Å²) in [7, 11) is 0. The molecule has 0 radical (unpaired) electrons. The number of rotatable bonds is 4. The van der Waals surface area contributed by atoms with Crippen LogP contribution in [0.15, 0.2) is 48.9 Å². The monoisotopic (exact) mass is 405 g/mol. The summed E-state index contributed by atoms with van der Waals surface area (Å²) < 4.78 is 14.0. The van der Waals surface area contributed by atoms with E-state index in [2.05, 4.69) is 29.7 Å². The molecule has 0 bridgehead atoms. The van der Waals surface area contributed by atoms with Crippen LogP contribution >= 0.6 is 0 Å². The van der Waals surface area contributed by atoms with E-state index in [9.17, 15) is 4.39 Å². The molecule has 2 aliphatic rings. The third-order valence-electron chi connectivity index (χ3n) is 5.75. The number of piperazine rings is 1. The molecule has 3 aromatic rings. The summed E-state index contributed by atoms with van der Waals surface area (Å²) >= 11 is 0. The van der Waals surface area contributed by atoms with Gasteiger partial charge < -0.3 is 9.80 Å². The van der Waals surface area contributed by atoms with Gasteiger partial charge >= 0.3 is 0 Å². The van der Waals surface area contributed by atoms with E-state index < -0.39 is 0 Å². The Morgan fingerprint density at radius 2 is 1.57 bits per heavy atom. The Hall–Kier alpha value is -3.13. The van der Waals surface area contributed by atoms with Crippen molar-refractivity contribution in [3.05, 3.63) is 71.6 Å². The van der Waals surface area contributed by atoms with Crippen LogP contribution in [0.2, 0.25) is 0 Å². The average Bonchev–Trinajstić information content (AvgIpc) is 2.81. The van der Waals surface area contributed by atoms with Gasteiger partial charge in [-0.15, -0.1) is 0 Å². The van der Waals surface area contributed by atoms with E-state index >= 15 is 0 Å². The molecular weight excluding hydrogens is 381 g/mol. The number of benzene rings is 1. The van der Waals surface area contributed by atoms with Gasteiger partial charge in [0.2, 0.25) is 11.9 Å². The van der Waals surface area contributed by atoms with Gasteiger partial charge in [-0.05, 0) is 12.1 Å². The van der Waals surface area contributed by atoms with Gasteiger partial charge in [-0.25, -0.2) is 24.3 Å². The molecule has 5 rings (SSSR count). The SMILES string of the molecule is Fc1ccccc1CN1CCc2nc(N3CCN(c4ncccn4)CC3)ncc2C1. The van der Waals surface area contributed by atoms with Crippen LogP contribution in [0.25, 0.3) is 0 Å². The fourth-order valence-corrected chi connectivity index (χ4v) is 4.08. The minimum atomic E-state index is -0.144. The summed E-state index contributed by atoms with van der Waals surface area (Å²) in [6.07, 6.45) is 6.35. The minimum Gasteiger partial charge on any atom is -0.337 e. The Morgan fingerprint density at radius 1 is 0.833 bits per heavy atom. The van der Waals surface area contributed by atoms with Crippen LogP contribution in [0, 0.1) is 5.82 Å². The fourth-order valence-electron chi connectivity index (χ4n) is 4.08. The average molecular weight is 405 g/mol. The molecule has 0 aliphatic carbocycles. The molecule has 0 saturated carbocycles. The topological polar surface area (TPSA) is 61.3 Å². The van der Waals surface area contributed by atoms with E-state index in [1.807, 2.05) is 24.4 Å². The Labute approximate surface area is 175 Å². The van der Waals surface area contributed by atoms with Crippen molar-refractivity contribution in [3.63, 3.8) is 0 Å². The summed E-state index contributed by atoms with van der Waals surface area (Å²) in [5, 5.41) is 0. The van der Waals surface area contributed by atoms with Crippen LogP contribution in [0.4, 0.5) is 16.3 Å². The maximum absolute atomic E-state index is 14.0. The number of aromatic nitrogens is 4. The lowest BCUT2D eigenvalue weighted by Gasteiger charge is -2.35. The van der Waals surface area contributed by atoms with Crippen LogP contribution in [0.3, 0.4) is 0 Å². The van der Waals surface area contributed by atoms with Gasteiger partial charge in [-0.1, -0.05) is 18.2 Å². The van der Waals surface area contributed by atoms with Gasteiger partial charge in [0.05, 0.1) is 5.69 Å². The summed E-state index contributed by atoms with van der Waals surface area (Å²) in [6, 6.07) is 8.82. The first-order valence-electron chi connectivity index (χ1n) is 10.3. The minimum absolute atomic E-state index is 0.144. The largest absolute Gasteiger partial charge is 0.337 e. The summed E-state index contributed by atoms with van der Waals surface area (Å²) in [5.41, 5.74) is 2.98. The van der Waals surface area contributed by atoms with Crippen molar-refractivity contribution < 1.29 is 4.39 Å². The van der Waals surface area contributed by atoms with Crippen molar-refractivity contribution in [1.29, 1.82) is 0 Å². The van der Waals surface area contributed by atoms with Crippen molar-refractivity contribution in [2.45, 2.75) is 19.5 Å². The summed E-state index contributed by atoms with van der Waals surface area (Å²) in [5.74, 6) is 1.43. The lowest BCUT2D eigenvalue weighted by atomic mass is 10.1. The molecule has 1 fully saturated rings. The van der Waals surface area contributed by atoms with Crippen molar-refractivity contribution in [2.75, 3.05) is 42.5 Å². The van der Waals surface area contributed by atoms with Gasteiger partial charge in [0, 0.05) is 82.0 Å². The molecule has 4 heterocycles. The predicted molar refractivity (Wildman–Crippen MR) is 113 cm³/mol. The van der Waals surface area contributed by atoms with Gasteiger partial charge in [0.15, 0.2) is 0 Å². The van der Waals surface area contributed by atoms with Crippen LogP contribution in [-0.4, -0.2) is 57.6 Å². The molecule has 7 nitrogen and oxygen atoms in total.